The van der Waals surface area contributed by atoms with Gasteiger partial charge >= 0.3 is 0 Å². The van der Waals surface area contributed by atoms with E-state index in [2.05, 4.69) is 51.2 Å². The zero-order valence-electron chi connectivity index (χ0n) is 15.2. The molecule has 3 N–H and O–H groups in total. The molecule has 2 rings (SSSR count). The number of anilines is 1. The Kier molecular flexibility index (Phi) is 8.97. The van der Waals surface area contributed by atoms with Gasteiger partial charge in [0.1, 0.15) is 5.82 Å². The van der Waals surface area contributed by atoms with Crippen molar-refractivity contribution in [3.05, 3.63) is 36.4 Å². The molecule has 0 aliphatic carbocycles. The topological polar surface area (TPSA) is 61.3 Å². The van der Waals surface area contributed by atoms with Gasteiger partial charge in [-0.15, -0.1) is 0 Å². The Balaban J connectivity index is 1.73. The Bertz CT molecular complexity index is 659. The second-order valence-electron chi connectivity index (χ2n) is 5.70. The van der Waals surface area contributed by atoms with Crippen LogP contribution in [0.5, 0.6) is 0 Å². The Hall–Kier alpha value is -1.95. The van der Waals surface area contributed by atoms with Gasteiger partial charge in [-0.2, -0.15) is 11.8 Å². The third-order valence-corrected chi connectivity index (χ3v) is 4.39. The normalized spacial score (nSPS) is 11.5. The number of unbranched alkanes of at least 4 members (excludes halogenated alkanes) is 1. The largest absolute Gasteiger partial charge is 0.368 e. The molecule has 0 spiro atoms. The molecule has 2 aromatic rings. The van der Waals surface area contributed by atoms with E-state index in [1.807, 2.05) is 36.0 Å². The first-order chi connectivity index (χ1) is 12.3. The number of benzene rings is 1. The first-order valence-electron chi connectivity index (χ1n) is 8.94. The molecule has 0 atom stereocenters. The van der Waals surface area contributed by atoms with Crippen molar-refractivity contribution in [1.29, 1.82) is 0 Å². The Morgan fingerprint density at radius 2 is 1.96 bits per heavy atom. The molecular weight excluding hydrogens is 330 g/mol. The quantitative estimate of drug-likeness (QED) is 0.345. The minimum Gasteiger partial charge on any atom is -0.368 e. The molecule has 1 aromatic carbocycles. The summed E-state index contributed by atoms with van der Waals surface area (Å²) in [6.07, 6.45) is 4.50. The molecule has 5 nitrogen and oxygen atoms in total. The maximum absolute atomic E-state index is 4.62. The summed E-state index contributed by atoms with van der Waals surface area (Å²) >= 11 is 1.89. The molecule has 25 heavy (non-hydrogen) atoms. The first-order valence-corrected chi connectivity index (χ1v) is 10.3. The maximum Gasteiger partial charge on any atom is 0.191 e. The lowest BCUT2D eigenvalue weighted by atomic mass is 10.2. The lowest BCUT2D eigenvalue weighted by Crippen LogP contribution is -2.39. The van der Waals surface area contributed by atoms with Crippen molar-refractivity contribution in [2.75, 3.05) is 43.5 Å². The summed E-state index contributed by atoms with van der Waals surface area (Å²) in [5.74, 6) is 3.00. The van der Waals surface area contributed by atoms with Gasteiger partial charge < -0.3 is 16.0 Å². The van der Waals surface area contributed by atoms with E-state index >= 15 is 0 Å². The van der Waals surface area contributed by atoms with Crippen molar-refractivity contribution in [3.63, 3.8) is 0 Å². The van der Waals surface area contributed by atoms with Crippen LogP contribution in [0, 0.1) is 0 Å². The second kappa shape index (κ2) is 11.6. The summed E-state index contributed by atoms with van der Waals surface area (Å²) in [5, 5.41) is 11.2. The van der Waals surface area contributed by atoms with Crippen molar-refractivity contribution >= 4 is 34.4 Å². The summed E-state index contributed by atoms with van der Waals surface area (Å²) in [5.41, 5.74) is 1.01. The SMILES string of the molecule is CCNC(=NCCCCSC)NCCNc1ccc2ccccc2n1. The number of aromatic nitrogens is 1. The summed E-state index contributed by atoms with van der Waals surface area (Å²) in [6.45, 7) is 5.42. The van der Waals surface area contributed by atoms with Gasteiger partial charge in [0.15, 0.2) is 5.96 Å². The fraction of sp³-hybridized carbons (Fsp3) is 0.474. The van der Waals surface area contributed by atoms with Gasteiger partial charge in [0, 0.05) is 31.6 Å². The Morgan fingerprint density at radius 1 is 1.08 bits per heavy atom. The van der Waals surface area contributed by atoms with Crippen LogP contribution in [0.1, 0.15) is 19.8 Å². The molecule has 0 bridgehead atoms. The summed E-state index contributed by atoms with van der Waals surface area (Å²) < 4.78 is 0. The minimum absolute atomic E-state index is 0.794. The Morgan fingerprint density at radius 3 is 2.80 bits per heavy atom. The number of pyridine rings is 1. The molecule has 0 saturated heterocycles. The highest BCUT2D eigenvalue weighted by atomic mass is 32.2. The number of guanidine groups is 1. The van der Waals surface area contributed by atoms with Gasteiger partial charge in [0.2, 0.25) is 0 Å². The van der Waals surface area contributed by atoms with E-state index in [1.54, 1.807) is 0 Å². The number of aliphatic imine (C=N–C) groups is 1. The first kappa shape index (κ1) is 19.4. The van der Waals surface area contributed by atoms with Gasteiger partial charge in [-0.05, 0) is 50.0 Å². The van der Waals surface area contributed by atoms with Crippen molar-refractivity contribution < 1.29 is 0 Å². The molecule has 136 valence electrons. The lowest BCUT2D eigenvalue weighted by Gasteiger charge is -2.12. The summed E-state index contributed by atoms with van der Waals surface area (Å²) in [6, 6.07) is 12.3. The van der Waals surface area contributed by atoms with Gasteiger partial charge in [-0.3, -0.25) is 4.99 Å². The number of nitrogens with zero attached hydrogens (tertiary/aromatic N) is 2. The van der Waals surface area contributed by atoms with E-state index in [-0.39, 0.29) is 0 Å². The smallest absolute Gasteiger partial charge is 0.191 e. The number of para-hydroxylation sites is 1. The highest BCUT2D eigenvalue weighted by Crippen LogP contribution is 2.14. The third-order valence-electron chi connectivity index (χ3n) is 3.69. The van der Waals surface area contributed by atoms with Crippen molar-refractivity contribution in [3.8, 4) is 0 Å². The number of nitrogens with one attached hydrogen (secondary N) is 3. The van der Waals surface area contributed by atoms with Crippen LogP contribution < -0.4 is 16.0 Å². The number of hydrogen-bond acceptors (Lipinski definition) is 4. The maximum atomic E-state index is 4.62. The lowest BCUT2D eigenvalue weighted by molar-refractivity contribution is 0.779. The van der Waals surface area contributed by atoms with Crippen LogP contribution in [0.25, 0.3) is 10.9 Å². The van der Waals surface area contributed by atoms with Crippen LogP contribution in [-0.4, -0.2) is 49.1 Å². The van der Waals surface area contributed by atoms with E-state index in [1.165, 1.54) is 12.2 Å². The minimum atomic E-state index is 0.794. The molecule has 0 amide bonds. The number of hydrogen-bond donors (Lipinski definition) is 3. The van der Waals surface area contributed by atoms with E-state index in [0.29, 0.717) is 0 Å². The average Bonchev–Trinajstić information content (AvgIpc) is 2.64. The molecular formula is C19H29N5S. The van der Waals surface area contributed by atoms with E-state index in [4.69, 9.17) is 0 Å². The molecule has 0 saturated carbocycles. The fourth-order valence-corrected chi connectivity index (χ4v) is 2.92. The Labute approximate surface area is 155 Å². The highest BCUT2D eigenvalue weighted by Gasteiger charge is 1.99. The number of rotatable bonds is 10. The molecule has 0 radical (unpaired) electrons. The van der Waals surface area contributed by atoms with E-state index in [0.717, 1.165) is 55.3 Å². The standard InChI is InChI=1S/C19H29N5S/c1-3-20-19(22-12-6-7-15-25-2)23-14-13-21-18-11-10-16-8-4-5-9-17(16)24-18/h4-5,8-11H,3,6-7,12-15H2,1-2H3,(H,21,24)(H2,20,22,23). The molecule has 0 aliphatic rings. The molecule has 1 heterocycles. The monoisotopic (exact) mass is 359 g/mol. The summed E-state index contributed by atoms with van der Waals surface area (Å²) in [7, 11) is 0. The summed E-state index contributed by atoms with van der Waals surface area (Å²) in [4.78, 5) is 9.23. The van der Waals surface area contributed by atoms with Crippen LogP contribution in [0.4, 0.5) is 5.82 Å². The van der Waals surface area contributed by atoms with Gasteiger partial charge in [-0.1, -0.05) is 18.2 Å². The zero-order chi connectivity index (χ0) is 17.7. The van der Waals surface area contributed by atoms with Gasteiger partial charge in [0.25, 0.3) is 0 Å². The van der Waals surface area contributed by atoms with Gasteiger partial charge in [0.05, 0.1) is 5.52 Å². The zero-order valence-corrected chi connectivity index (χ0v) is 16.0. The van der Waals surface area contributed by atoms with Crippen molar-refractivity contribution in [1.82, 2.24) is 15.6 Å². The van der Waals surface area contributed by atoms with Crippen LogP contribution in [-0.2, 0) is 0 Å². The van der Waals surface area contributed by atoms with Crippen LogP contribution in [0.3, 0.4) is 0 Å². The molecule has 0 fully saturated rings. The third kappa shape index (κ3) is 7.22. The second-order valence-corrected chi connectivity index (χ2v) is 6.69. The van der Waals surface area contributed by atoms with Crippen LogP contribution >= 0.6 is 11.8 Å². The van der Waals surface area contributed by atoms with Crippen LogP contribution in [0.15, 0.2) is 41.4 Å². The molecule has 0 unspecified atom stereocenters. The molecule has 1 aromatic heterocycles. The number of fused-ring (bicyclic) bond motifs is 1. The fourth-order valence-electron chi connectivity index (χ4n) is 2.43. The highest BCUT2D eigenvalue weighted by molar-refractivity contribution is 7.98. The predicted molar refractivity (Wildman–Crippen MR) is 112 cm³/mol. The molecule has 6 heteroatoms. The molecule has 0 aliphatic heterocycles. The predicted octanol–water partition coefficient (Wildman–Crippen LogP) is 3.35. The van der Waals surface area contributed by atoms with E-state index in [9.17, 15) is 0 Å². The van der Waals surface area contributed by atoms with Crippen LogP contribution in [0.2, 0.25) is 0 Å². The van der Waals surface area contributed by atoms with Crippen molar-refractivity contribution in [2.24, 2.45) is 4.99 Å². The van der Waals surface area contributed by atoms with Crippen molar-refractivity contribution in [2.45, 2.75) is 19.8 Å². The average molecular weight is 360 g/mol. The van der Waals surface area contributed by atoms with E-state index < -0.39 is 0 Å². The van der Waals surface area contributed by atoms with Gasteiger partial charge in [-0.25, -0.2) is 4.98 Å². The number of thioether (sulfide) groups is 1.